The van der Waals surface area contributed by atoms with Crippen LogP contribution in [0.15, 0.2) is 103 Å². The Hall–Kier alpha value is -4.05. The summed E-state index contributed by atoms with van der Waals surface area (Å²) in [5.74, 6) is 0.148. The van der Waals surface area contributed by atoms with Crippen molar-refractivity contribution in [2.45, 2.75) is 32.4 Å². The normalized spacial score (nSPS) is 11.8. The van der Waals surface area contributed by atoms with Gasteiger partial charge in [-0.15, -0.1) is 0 Å². The molecule has 8 nitrogen and oxygen atoms in total. The summed E-state index contributed by atoms with van der Waals surface area (Å²) in [5, 5.41) is 3.54. The molecule has 0 unspecified atom stereocenters. The molecule has 0 saturated carbocycles. The highest BCUT2D eigenvalue weighted by molar-refractivity contribution is 7.92. The first-order chi connectivity index (χ1) is 21.6. The third-order valence-electron chi connectivity index (χ3n) is 6.99. The molecule has 0 radical (unpaired) electrons. The summed E-state index contributed by atoms with van der Waals surface area (Å²) in [4.78, 5) is 29.2. The zero-order valence-electron chi connectivity index (χ0n) is 25.0. The molecule has 4 aromatic rings. The van der Waals surface area contributed by atoms with Gasteiger partial charge in [0.2, 0.25) is 21.8 Å². The third kappa shape index (κ3) is 9.47. The molecule has 0 aromatic heterocycles. The quantitative estimate of drug-likeness (QED) is 0.161. The lowest BCUT2D eigenvalue weighted by Gasteiger charge is -2.34. The van der Waals surface area contributed by atoms with Crippen molar-refractivity contribution >= 4 is 50.7 Å². The molecule has 0 saturated heterocycles. The largest absolute Gasteiger partial charge is 0.457 e. The van der Waals surface area contributed by atoms with Crippen LogP contribution in [-0.2, 0) is 32.6 Å². The highest BCUT2D eigenvalue weighted by atomic mass is 35.5. The summed E-state index contributed by atoms with van der Waals surface area (Å²) >= 11 is 13.0. The van der Waals surface area contributed by atoms with Gasteiger partial charge in [0.1, 0.15) is 24.1 Å². The number of anilines is 1. The Morgan fingerprint density at radius 1 is 0.822 bits per heavy atom. The Morgan fingerprint density at radius 3 is 1.98 bits per heavy atom. The Balaban J connectivity index is 1.70. The summed E-state index contributed by atoms with van der Waals surface area (Å²) in [6.07, 6.45) is 1.91. The van der Waals surface area contributed by atoms with Crippen LogP contribution >= 0.6 is 23.2 Å². The molecule has 0 bridgehead atoms. The molecule has 0 aliphatic heterocycles. The van der Waals surface area contributed by atoms with E-state index >= 15 is 0 Å². The molecule has 0 heterocycles. The maximum absolute atomic E-state index is 14.2. The average molecular weight is 669 g/mol. The third-order valence-corrected chi connectivity index (χ3v) is 8.84. The van der Waals surface area contributed by atoms with E-state index in [4.69, 9.17) is 27.9 Å². The second-order valence-electron chi connectivity index (χ2n) is 10.4. The van der Waals surface area contributed by atoms with Crippen LogP contribution in [0.5, 0.6) is 11.5 Å². The van der Waals surface area contributed by atoms with Gasteiger partial charge >= 0.3 is 0 Å². The predicted molar refractivity (Wildman–Crippen MR) is 179 cm³/mol. The maximum atomic E-state index is 14.2. The van der Waals surface area contributed by atoms with E-state index in [0.717, 1.165) is 16.1 Å². The van der Waals surface area contributed by atoms with Crippen LogP contribution in [0.1, 0.15) is 24.5 Å². The highest BCUT2D eigenvalue weighted by Crippen LogP contribution is 2.29. The number of hydrogen-bond donors (Lipinski definition) is 1. The molecule has 4 aromatic carbocycles. The van der Waals surface area contributed by atoms with E-state index < -0.39 is 28.5 Å². The second kappa shape index (κ2) is 15.8. The predicted octanol–water partition coefficient (Wildman–Crippen LogP) is 6.72. The summed E-state index contributed by atoms with van der Waals surface area (Å²) in [6.45, 7) is 1.66. The van der Waals surface area contributed by atoms with Crippen molar-refractivity contribution in [2.24, 2.45) is 0 Å². The monoisotopic (exact) mass is 667 g/mol. The molecule has 11 heteroatoms. The molecule has 1 N–H and O–H groups in total. The van der Waals surface area contributed by atoms with Gasteiger partial charge in [-0.25, -0.2) is 8.42 Å². The fourth-order valence-corrected chi connectivity index (χ4v) is 6.06. The summed E-state index contributed by atoms with van der Waals surface area (Å²) < 4.78 is 33.0. The van der Waals surface area contributed by atoms with Crippen LogP contribution < -0.4 is 14.4 Å². The SMILES string of the molecule is CCCNC(=O)[C@H](Cc1ccccc1)N(Cc1c(Cl)cccc1Cl)C(=O)CN(c1ccc(Oc2ccccc2)cc1)S(C)(=O)=O. The lowest BCUT2D eigenvalue weighted by atomic mass is 10.0. The molecular weight excluding hydrogens is 633 g/mol. The maximum Gasteiger partial charge on any atom is 0.244 e. The zero-order valence-corrected chi connectivity index (χ0v) is 27.4. The van der Waals surface area contributed by atoms with Crippen molar-refractivity contribution in [3.63, 3.8) is 0 Å². The molecule has 0 aliphatic carbocycles. The summed E-state index contributed by atoms with van der Waals surface area (Å²) in [6, 6.07) is 28.9. The number of nitrogens with one attached hydrogen (secondary N) is 1. The van der Waals surface area contributed by atoms with Gasteiger partial charge in [0.15, 0.2) is 0 Å². The van der Waals surface area contributed by atoms with E-state index in [-0.39, 0.29) is 24.6 Å². The van der Waals surface area contributed by atoms with Crippen LogP contribution in [0.25, 0.3) is 0 Å². The number of halogens is 2. The van der Waals surface area contributed by atoms with E-state index in [1.165, 1.54) is 4.90 Å². The number of amides is 2. The summed E-state index contributed by atoms with van der Waals surface area (Å²) in [7, 11) is -3.93. The smallest absolute Gasteiger partial charge is 0.244 e. The topological polar surface area (TPSA) is 96.0 Å². The van der Waals surface area contributed by atoms with Gasteiger partial charge in [0, 0.05) is 35.1 Å². The number of rotatable bonds is 14. The van der Waals surface area contributed by atoms with Crippen LogP contribution in [0.4, 0.5) is 5.69 Å². The second-order valence-corrected chi connectivity index (χ2v) is 13.1. The molecule has 45 heavy (non-hydrogen) atoms. The standard InChI is InChI=1S/C34H35Cl2N3O5S/c1-3-21-37-34(41)32(22-25-11-6-4-7-12-25)38(23-29-30(35)15-10-16-31(29)36)33(40)24-39(45(2,42)43)26-17-19-28(20-18-26)44-27-13-8-5-9-14-27/h4-20,32H,3,21-24H2,1-2H3,(H,37,41)/t32-/m0/s1. The number of carbonyl (C=O) groups is 2. The van der Waals surface area contributed by atoms with E-state index in [9.17, 15) is 18.0 Å². The number of sulfonamides is 1. The number of hydrogen-bond acceptors (Lipinski definition) is 5. The number of benzene rings is 4. The Morgan fingerprint density at radius 2 is 1.40 bits per heavy atom. The average Bonchev–Trinajstić information content (AvgIpc) is 3.02. The zero-order chi connectivity index (χ0) is 32.4. The van der Waals surface area contributed by atoms with E-state index in [1.807, 2.05) is 55.5 Å². The minimum atomic E-state index is -3.93. The van der Waals surface area contributed by atoms with Crippen LogP contribution in [0, 0.1) is 0 Å². The van der Waals surface area contributed by atoms with Crippen molar-refractivity contribution in [1.29, 1.82) is 0 Å². The number of carbonyl (C=O) groups excluding carboxylic acids is 2. The Labute approximate surface area is 274 Å². The lowest BCUT2D eigenvalue weighted by molar-refractivity contribution is -0.140. The van der Waals surface area contributed by atoms with E-state index in [0.29, 0.717) is 40.1 Å². The van der Waals surface area contributed by atoms with Crippen LogP contribution in [0.2, 0.25) is 10.0 Å². The number of ether oxygens (including phenoxy) is 1. The van der Waals surface area contributed by atoms with Gasteiger partial charge in [-0.2, -0.15) is 0 Å². The van der Waals surface area contributed by atoms with Crippen LogP contribution in [0.3, 0.4) is 0 Å². The first-order valence-corrected chi connectivity index (χ1v) is 17.0. The number of nitrogens with zero attached hydrogens (tertiary/aromatic N) is 2. The fraction of sp³-hybridized carbons (Fsp3) is 0.235. The van der Waals surface area contributed by atoms with E-state index in [2.05, 4.69) is 5.32 Å². The van der Waals surface area contributed by atoms with E-state index in [1.54, 1.807) is 54.6 Å². The van der Waals surface area contributed by atoms with Gasteiger partial charge in [0.05, 0.1) is 11.9 Å². The van der Waals surface area contributed by atoms with Gasteiger partial charge in [0.25, 0.3) is 0 Å². The van der Waals surface area contributed by atoms with Crippen molar-refractivity contribution in [1.82, 2.24) is 10.2 Å². The molecule has 0 fully saturated rings. The minimum Gasteiger partial charge on any atom is -0.457 e. The lowest BCUT2D eigenvalue weighted by Crippen LogP contribution is -2.53. The highest BCUT2D eigenvalue weighted by Gasteiger charge is 2.33. The molecule has 0 aliphatic rings. The molecule has 1 atom stereocenters. The van der Waals surface area contributed by atoms with Gasteiger partial charge in [-0.05, 0) is 60.5 Å². The summed E-state index contributed by atoms with van der Waals surface area (Å²) in [5.41, 5.74) is 1.53. The van der Waals surface area contributed by atoms with Gasteiger partial charge in [-0.1, -0.05) is 84.7 Å². The first kappa shape index (κ1) is 33.8. The molecule has 2 amide bonds. The van der Waals surface area contributed by atoms with Crippen molar-refractivity contribution in [3.8, 4) is 11.5 Å². The molecule has 0 spiro atoms. The number of para-hydroxylation sites is 1. The molecule has 4 rings (SSSR count). The van der Waals surface area contributed by atoms with Crippen LogP contribution in [-0.4, -0.2) is 50.5 Å². The fourth-order valence-electron chi connectivity index (χ4n) is 4.69. The van der Waals surface area contributed by atoms with Crippen molar-refractivity contribution in [3.05, 3.63) is 124 Å². The van der Waals surface area contributed by atoms with Crippen molar-refractivity contribution < 1.29 is 22.7 Å². The van der Waals surface area contributed by atoms with Gasteiger partial charge < -0.3 is 15.0 Å². The first-order valence-electron chi connectivity index (χ1n) is 14.4. The minimum absolute atomic E-state index is 0.115. The Bertz CT molecular complexity index is 1670. The van der Waals surface area contributed by atoms with Crippen molar-refractivity contribution in [2.75, 3.05) is 23.7 Å². The molecular formula is C34H35Cl2N3O5S. The van der Waals surface area contributed by atoms with Gasteiger partial charge in [-0.3, -0.25) is 13.9 Å². The molecule has 236 valence electrons. The Kier molecular flexibility index (Phi) is 11.9.